The molecule has 1 heterocycles. The van der Waals surface area contributed by atoms with Crippen molar-refractivity contribution in [3.05, 3.63) is 24.0 Å². The lowest BCUT2D eigenvalue weighted by atomic mass is 9.80. The van der Waals surface area contributed by atoms with E-state index in [0.717, 1.165) is 12.5 Å². The van der Waals surface area contributed by atoms with Crippen molar-refractivity contribution in [2.45, 2.75) is 32.1 Å². The molecule has 0 spiro atoms. The highest BCUT2D eigenvalue weighted by Gasteiger charge is 2.38. The number of rotatable bonds is 2. The molecule has 1 atom stereocenters. The number of nitrogens with zero attached hydrogens (tertiary/aromatic N) is 1. The van der Waals surface area contributed by atoms with Crippen LogP contribution in [-0.4, -0.2) is 25.8 Å². The van der Waals surface area contributed by atoms with Crippen molar-refractivity contribution >= 4 is 15.7 Å². The van der Waals surface area contributed by atoms with Crippen LogP contribution in [0.4, 0.5) is 10.1 Å². The number of para-hydroxylation sites is 1. The van der Waals surface area contributed by atoms with Crippen molar-refractivity contribution in [2.24, 2.45) is 11.3 Å². The molecule has 1 aromatic rings. The van der Waals surface area contributed by atoms with E-state index in [1.165, 1.54) is 16.4 Å². The van der Waals surface area contributed by atoms with Crippen LogP contribution in [0.5, 0.6) is 0 Å². The molecule has 0 saturated carbocycles. The molecule has 0 aromatic heterocycles. The van der Waals surface area contributed by atoms with Crippen molar-refractivity contribution in [3.8, 4) is 0 Å². The van der Waals surface area contributed by atoms with Crippen LogP contribution in [0, 0.1) is 17.2 Å². The molecule has 0 bridgehead atoms. The largest absolute Gasteiger partial charge is 0.395 e. The van der Waals surface area contributed by atoms with E-state index in [1.807, 2.05) is 0 Å². The maximum absolute atomic E-state index is 13.5. The van der Waals surface area contributed by atoms with Gasteiger partial charge in [0, 0.05) is 13.1 Å². The molecule has 1 unspecified atom stereocenters. The third-order valence-electron chi connectivity index (χ3n) is 4.01. The summed E-state index contributed by atoms with van der Waals surface area (Å²) in [5, 5.41) is 0. The van der Waals surface area contributed by atoms with E-state index in [-0.39, 0.29) is 16.0 Å². The Kier molecular flexibility index (Phi) is 3.81. The summed E-state index contributed by atoms with van der Waals surface area (Å²) in [4.78, 5) is -0.132. The van der Waals surface area contributed by atoms with Crippen molar-refractivity contribution in [1.29, 1.82) is 0 Å². The van der Waals surface area contributed by atoms with E-state index in [4.69, 9.17) is 5.73 Å². The minimum absolute atomic E-state index is 0.0533. The van der Waals surface area contributed by atoms with Crippen LogP contribution < -0.4 is 5.73 Å². The SMILES string of the molecule is CC(C)(C)C1CCN(S(=O)(=O)c2cccc(F)c2N)C1. The molecule has 0 radical (unpaired) electrons. The third kappa shape index (κ3) is 2.67. The van der Waals surface area contributed by atoms with E-state index >= 15 is 0 Å². The maximum Gasteiger partial charge on any atom is 0.245 e. The second-order valence-corrected chi connectivity index (χ2v) is 8.27. The Morgan fingerprint density at radius 1 is 1.35 bits per heavy atom. The highest BCUT2D eigenvalue weighted by Crippen LogP contribution is 2.36. The lowest BCUT2D eigenvalue weighted by Gasteiger charge is -2.27. The summed E-state index contributed by atoms with van der Waals surface area (Å²) >= 11 is 0. The molecular formula is C14H21FN2O2S. The molecule has 20 heavy (non-hydrogen) atoms. The maximum atomic E-state index is 13.5. The zero-order chi connectivity index (χ0) is 15.1. The van der Waals surface area contributed by atoms with Gasteiger partial charge in [-0.25, -0.2) is 12.8 Å². The predicted molar refractivity (Wildman–Crippen MR) is 77.1 cm³/mol. The first kappa shape index (κ1) is 15.3. The molecular weight excluding hydrogens is 279 g/mol. The minimum Gasteiger partial charge on any atom is -0.395 e. The van der Waals surface area contributed by atoms with Crippen LogP contribution in [0.3, 0.4) is 0 Å². The highest BCUT2D eigenvalue weighted by molar-refractivity contribution is 7.89. The molecule has 1 fully saturated rings. The average molecular weight is 300 g/mol. The van der Waals surface area contributed by atoms with Gasteiger partial charge in [0.05, 0.1) is 5.69 Å². The topological polar surface area (TPSA) is 63.4 Å². The Morgan fingerprint density at radius 3 is 2.55 bits per heavy atom. The van der Waals surface area contributed by atoms with Gasteiger partial charge in [-0.3, -0.25) is 0 Å². The zero-order valence-electron chi connectivity index (χ0n) is 12.1. The Labute approximate surface area is 119 Å². The van der Waals surface area contributed by atoms with Gasteiger partial charge < -0.3 is 5.73 Å². The lowest BCUT2D eigenvalue weighted by Crippen LogP contribution is -2.31. The molecule has 1 aromatic carbocycles. The number of sulfonamides is 1. The first-order chi connectivity index (χ1) is 9.14. The molecule has 6 heteroatoms. The van der Waals surface area contributed by atoms with Crippen molar-refractivity contribution < 1.29 is 12.8 Å². The Morgan fingerprint density at radius 2 is 2.00 bits per heavy atom. The van der Waals surface area contributed by atoms with Gasteiger partial charge in [-0.05, 0) is 29.9 Å². The molecule has 112 valence electrons. The van der Waals surface area contributed by atoms with Gasteiger partial charge in [-0.1, -0.05) is 26.8 Å². The van der Waals surface area contributed by atoms with Crippen LogP contribution in [0.1, 0.15) is 27.2 Å². The number of benzene rings is 1. The van der Waals surface area contributed by atoms with E-state index in [2.05, 4.69) is 20.8 Å². The molecule has 0 aliphatic carbocycles. The standard InChI is InChI=1S/C14H21FN2O2S/c1-14(2,3)10-7-8-17(9-10)20(18,19)12-6-4-5-11(15)13(12)16/h4-6,10H,7-9,16H2,1-3H3. The van der Waals surface area contributed by atoms with Crippen molar-refractivity contribution in [1.82, 2.24) is 4.31 Å². The van der Waals surface area contributed by atoms with Crippen LogP contribution >= 0.6 is 0 Å². The van der Waals surface area contributed by atoms with Crippen LogP contribution in [0.25, 0.3) is 0 Å². The van der Waals surface area contributed by atoms with Gasteiger partial charge in [-0.15, -0.1) is 0 Å². The number of nitrogens with two attached hydrogens (primary N) is 1. The number of hydrogen-bond acceptors (Lipinski definition) is 3. The summed E-state index contributed by atoms with van der Waals surface area (Å²) < 4.78 is 40.0. The van der Waals surface area contributed by atoms with E-state index in [1.54, 1.807) is 0 Å². The summed E-state index contributed by atoms with van der Waals surface area (Å²) in [6, 6.07) is 3.89. The first-order valence-corrected chi connectivity index (χ1v) is 8.12. The minimum atomic E-state index is -3.72. The second-order valence-electron chi connectivity index (χ2n) is 6.37. The van der Waals surface area contributed by atoms with Gasteiger partial charge in [-0.2, -0.15) is 4.31 Å². The number of halogens is 1. The third-order valence-corrected chi connectivity index (χ3v) is 5.93. The van der Waals surface area contributed by atoms with Crippen LogP contribution in [-0.2, 0) is 10.0 Å². The second kappa shape index (κ2) is 5.00. The van der Waals surface area contributed by atoms with Gasteiger partial charge in [0.15, 0.2) is 0 Å². The summed E-state index contributed by atoms with van der Waals surface area (Å²) in [5.41, 5.74) is 5.33. The van der Waals surface area contributed by atoms with Crippen LogP contribution in [0.2, 0.25) is 0 Å². The zero-order valence-corrected chi connectivity index (χ0v) is 12.9. The molecule has 1 saturated heterocycles. The Hall–Kier alpha value is -1.14. The fourth-order valence-electron chi connectivity index (χ4n) is 2.53. The average Bonchev–Trinajstić information content (AvgIpc) is 2.82. The monoisotopic (exact) mass is 300 g/mol. The van der Waals surface area contributed by atoms with E-state index in [0.29, 0.717) is 19.0 Å². The first-order valence-electron chi connectivity index (χ1n) is 6.68. The van der Waals surface area contributed by atoms with Gasteiger partial charge >= 0.3 is 0 Å². The summed E-state index contributed by atoms with van der Waals surface area (Å²) in [6.07, 6.45) is 0.817. The van der Waals surface area contributed by atoms with E-state index < -0.39 is 15.8 Å². The fraction of sp³-hybridized carbons (Fsp3) is 0.571. The normalized spacial score (nSPS) is 21.3. The molecule has 1 aliphatic heterocycles. The molecule has 1 aliphatic rings. The molecule has 2 rings (SSSR count). The molecule has 2 N–H and O–H groups in total. The number of anilines is 1. The summed E-state index contributed by atoms with van der Waals surface area (Å²) in [6.45, 7) is 7.22. The van der Waals surface area contributed by atoms with Gasteiger partial charge in [0.2, 0.25) is 10.0 Å². The van der Waals surface area contributed by atoms with E-state index in [9.17, 15) is 12.8 Å². The molecule has 0 amide bonds. The Bertz CT molecular complexity index is 608. The smallest absolute Gasteiger partial charge is 0.245 e. The fourth-order valence-corrected chi connectivity index (χ4v) is 4.16. The van der Waals surface area contributed by atoms with Crippen molar-refractivity contribution in [3.63, 3.8) is 0 Å². The summed E-state index contributed by atoms with van der Waals surface area (Å²) in [7, 11) is -3.72. The van der Waals surface area contributed by atoms with Gasteiger partial charge in [0.25, 0.3) is 0 Å². The summed E-state index contributed by atoms with van der Waals surface area (Å²) in [5.74, 6) is -0.398. The number of nitrogen functional groups attached to an aromatic ring is 1. The van der Waals surface area contributed by atoms with Gasteiger partial charge in [0.1, 0.15) is 10.7 Å². The molecule has 4 nitrogen and oxygen atoms in total. The predicted octanol–water partition coefficient (Wildman–Crippen LogP) is 2.46. The quantitative estimate of drug-likeness (QED) is 0.853. The lowest BCUT2D eigenvalue weighted by molar-refractivity contribution is 0.252. The Balaban J connectivity index is 2.31. The van der Waals surface area contributed by atoms with Crippen LogP contribution in [0.15, 0.2) is 23.1 Å². The number of hydrogen-bond donors (Lipinski definition) is 1. The van der Waals surface area contributed by atoms with Crippen molar-refractivity contribution in [2.75, 3.05) is 18.8 Å². The highest BCUT2D eigenvalue weighted by atomic mass is 32.2.